The lowest BCUT2D eigenvalue weighted by atomic mass is 10.1. The Morgan fingerprint density at radius 1 is 0.846 bits per heavy atom. The third-order valence-corrected chi connectivity index (χ3v) is 4.89. The number of hydrogen-bond donors (Lipinski definition) is 6. The van der Waals surface area contributed by atoms with Gasteiger partial charge in [-0.15, -0.1) is 0 Å². The number of aliphatic carboxylic acids is 4. The molecule has 2 aromatic rings. The van der Waals surface area contributed by atoms with Crippen LogP contribution in [0.2, 0.25) is 0 Å². The SMILES string of the molecule is Cc1ccc(CNc2cc(N3CCN(C)CC3)nc(N)n2)cc1.O=C(O)/C=C/C(=O)O.O=C(O)/C=C/C(=O)O. The van der Waals surface area contributed by atoms with Crippen molar-refractivity contribution >= 4 is 41.5 Å². The first-order valence-electron chi connectivity index (χ1n) is 11.5. The first-order valence-corrected chi connectivity index (χ1v) is 11.5. The Morgan fingerprint density at radius 2 is 1.31 bits per heavy atom. The van der Waals surface area contributed by atoms with Gasteiger partial charge in [0.25, 0.3) is 0 Å². The smallest absolute Gasteiger partial charge is 0.328 e. The number of likely N-dealkylation sites (N-methyl/N-ethyl adjacent to an activating group) is 1. The van der Waals surface area contributed by atoms with Gasteiger partial charge < -0.3 is 41.3 Å². The number of rotatable bonds is 8. The summed E-state index contributed by atoms with van der Waals surface area (Å²) in [7, 11) is 2.14. The number of piperazine rings is 1. The van der Waals surface area contributed by atoms with Gasteiger partial charge in [0.15, 0.2) is 0 Å². The second-order valence-corrected chi connectivity index (χ2v) is 8.12. The molecule has 0 unspecified atom stereocenters. The highest BCUT2D eigenvalue weighted by molar-refractivity contribution is 5.90. The normalized spacial score (nSPS) is 13.1. The van der Waals surface area contributed by atoms with Crippen molar-refractivity contribution in [2.45, 2.75) is 13.5 Å². The fourth-order valence-electron chi connectivity index (χ4n) is 2.92. The molecule has 0 saturated carbocycles. The fourth-order valence-corrected chi connectivity index (χ4v) is 2.92. The molecule has 0 atom stereocenters. The summed E-state index contributed by atoms with van der Waals surface area (Å²) in [5.41, 5.74) is 8.36. The number of nitrogens with two attached hydrogens (primary N) is 1. The van der Waals surface area contributed by atoms with Gasteiger partial charge in [-0.1, -0.05) is 29.8 Å². The van der Waals surface area contributed by atoms with E-state index in [1.54, 1.807) is 0 Å². The van der Waals surface area contributed by atoms with Crippen molar-refractivity contribution in [3.8, 4) is 0 Å². The number of benzene rings is 1. The van der Waals surface area contributed by atoms with Crippen molar-refractivity contribution in [3.05, 3.63) is 65.8 Å². The quantitative estimate of drug-likeness (QED) is 0.257. The summed E-state index contributed by atoms with van der Waals surface area (Å²) in [4.78, 5) is 51.5. The molecule has 210 valence electrons. The molecule has 0 aliphatic carbocycles. The lowest BCUT2D eigenvalue weighted by Crippen LogP contribution is -2.44. The number of anilines is 3. The van der Waals surface area contributed by atoms with E-state index in [0.717, 1.165) is 44.4 Å². The molecule has 14 heteroatoms. The van der Waals surface area contributed by atoms with Gasteiger partial charge in [0.05, 0.1) is 0 Å². The van der Waals surface area contributed by atoms with Crippen LogP contribution in [0.15, 0.2) is 54.6 Å². The van der Waals surface area contributed by atoms with Crippen LogP contribution in [-0.4, -0.2) is 92.4 Å². The van der Waals surface area contributed by atoms with Gasteiger partial charge in [0.1, 0.15) is 11.6 Å². The van der Waals surface area contributed by atoms with E-state index in [-0.39, 0.29) is 0 Å². The van der Waals surface area contributed by atoms with Gasteiger partial charge >= 0.3 is 23.9 Å². The van der Waals surface area contributed by atoms with Crippen LogP contribution in [0.1, 0.15) is 11.1 Å². The number of carbonyl (C=O) groups is 4. The summed E-state index contributed by atoms with van der Waals surface area (Å²) >= 11 is 0. The molecule has 1 saturated heterocycles. The van der Waals surface area contributed by atoms with Crippen LogP contribution >= 0.6 is 0 Å². The highest BCUT2D eigenvalue weighted by Crippen LogP contribution is 2.19. The van der Waals surface area contributed by atoms with Crippen molar-refractivity contribution < 1.29 is 39.6 Å². The summed E-state index contributed by atoms with van der Waals surface area (Å²) in [6.45, 7) is 6.81. The summed E-state index contributed by atoms with van der Waals surface area (Å²) in [5.74, 6) is -3.04. The predicted molar refractivity (Wildman–Crippen MR) is 143 cm³/mol. The molecule has 3 rings (SSSR count). The highest BCUT2D eigenvalue weighted by Gasteiger charge is 2.16. The topological polar surface area (TPSA) is 220 Å². The lowest BCUT2D eigenvalue weighted by molar-refractivity contribution is -0.134. The third kappa shape index (κ3) is 15.0. The van der Waals surface area contributed by atoms with Crippen LogP contribution in [0, 0.1) is 6.92 Å². The van der Waals surface area contributed by atoms with Gasteiger partial charge in [-0.2, -0.15) is 9.97 Å². The number of nitrogens with one attached hydrogen (secondary N) is 1. The molecular formula is C25H32N6O8. The largest absolute Gasteiger partial charge is 0.478 e. The van der Waals surface area contributed by atoms with Crippen molar-refractivity contribution in [1.82, 2.24) is 14.9 Å². The van der Waals surface area contributed by atoms with Crippen LogP contribution in [0.4, 0.5) is 17.6 Å². The van der Waals surface area contributed by atoms with E-state index in [0.29, 0.717) is 30.3 Å². The first-order chi connectivity index (χ1) is 18.3. The van der Waals surface area contributed by atoms with E-state index in [4.69, 9.17) is 26.2 Å². The Kier molecular flexibility index (Phi) is 13.7. The molecule has 0 bridgehead atoms. The molecule has 14 nitrogen and oxygen atoms in total. The van der Waals surface area contributed by atoms with E-state index >= 15 is 0 Å². The van der Waals surface area contributed by atoms with Crippen LogP contribution in [-0.2, 0) is 25.7 Å². The standard InChI is InChI=1S/C17H24N6.2C4H4O4/c1-13-3-5-14(6-4-13)12-19-15-11-16(21-17(18)20-15)23-9-7-22(2)8-10-23;2*5-3(6)1-2-4(7)8/h3-6,11H,7-10,12H2,1-2H3,(H3,18,19,20,21);2*1-2H,(H,5,6)(H,7,8)/b;2*2-1+. The van der Waals surface area contributed by atoms with E-state index in [2.05, 4.69) is 63.3 Å². The summed E-state index contributed by atoms with van der Waals surface area (Å²) < 4.78 is 0. The van der Waals surface area contributed by atoms with E-state index in [9.17, 15) is 19.2 Å². The summed E-state index contributed by atoms with van der Waals surface area (Å²) in [6, 6.07) is 10.4. The van der Waals surface area contributed by atoms with Gasteiger partial charge in [-0.3, -0.25) is 0 Å². The second-order valence-electron chi connectivity index (χ2n) is 8.12. The molecule has 1 aliphatic heterocycles. The van der Waals surface area contributed by atoms with E-state index < -0.39 is 23.9 Å². The van der Waals surface area contributed by atoms with Gasteiger partial charge in [-0.05, 0) is 19.5 Å². The minimum atomic E-state index is -1.26. The van der Waals surface area contributed by atoms with Crippen molar-refractivity contribution in [1.29, 1.82) is 0 Å². The zero-order valence-electron chi connectivity index (χ0n) is 21.5. The maximum atomic E-state index is 9.55. The van der Waals surface area contributed by atoms with Gasteiger partial charge in [0.2, 0.25) is 5.95 Å². The summed E-state index contributed by atoms with van der Waals surface area (Å²) in [5, 5.41) is 34.6. The molecule has 0 amide bonds. The number of nitrogen functional groups attached to an aromatic ring is 1. The Labute approximate surface area is 224 Å². The zero-order chi connectivity index (χ0) is 29.4. The monoisotopic (exact) mass is 544 g/mol. The number of carboxylic acids is 4. The van der Waals surface area contributed by atoms with Crippen molar-refractivity contribution in [2.24, 2.45) is 0 Å². The Balaban J connectivity index is 0.000000393. The number of nitrogens with zero attached hydrogens (tertiary/aromatic N) is 4. The van der Waals surface area contributed by atoms with Crippen LogP contribution in [0.25, 0.3) is 0 Å². The highest BCUT2D eigenvalue weighted by atomic mass is 16.4. The maximum absolute atomic E-state index is 9.55. The third-order valence-electron chi connectivity index (χ3n) is 4.89. The first kappa shape index (κ1) is 32.0. The van der Waals surface area contributed by atoms with E-state index in [1.807, 2.05) is 6.07 Å². The lowest BCUT2D eigenvalue weighted by Gasteiger charge is -2.33. The Bertz CT molecular complexity index is 1110. The molecule has 39 heavy (non-hydrogen) atoms. The molecule has 0 spiro atoms. The molecule has 1 aromatic heterocycles. The average molecular weight is 545 g/mol. The van der Waals surface area contributed by atoms with Crippen molar-refractivity contribution in [3.63, 3.8) is 0 Å². The van der Waals surface area contributed by atoms with Crippen LogP contribution < -0.4 is 16.0 Å². The zero-order valence-corrected chi connectivity index (χ0v) is 21.5. The fraction of sp³-hybridized carbons (Fsp3) is 0.280. The Hall–Kier alpha value is -4.98. The molecule has 1 aliphatic rings. The number of aryl methyl sites for hydroxylation is 1. The number of carboxylic acid groups (broad SMARTS) is 4. The van der Waals surface area contributed by atoms with Crippen molar-refractivity contribution in [2.75, 3.05) is 49.2 Å². The average Bonchev–Trinajstić information content (AvgIpc) is 2.87. The summed E-state index contributed by atoms with van der Waals surface area (Å²) in [6.07, 6.45) is 2.23. The maximum Gasteiger partial charge on any atom is 0.328 e. The molecule has 0 radical (unpaired) electrons. The predicted octanol–water partition coefficient (Wildman–Crippen LogP) is 1.15. The molecule has 1 fully saturated rings. The van der Waals surface area contributed by atoms with E-state index in [1.165, 1.54) is 11.1 Å². The van der Waals surface area contributed by atoms with Gasteiger partial charge in [-0.25, -0.2) is 19.2 Å². The molecular weight excluding hydrogens is 512 g/mol. The molecule has 1 aromatic carbocycles. The minimum absolute atomic E-state index is 0.313. The Morgan fingerprint density at radius 3 is 1.74 bits per heavy atom. The van der Waals surface area contributed by atoms with Crippen LogP contribution in [0.3, 0.4) is 0 Å². The van der Waals surface area contributed by atoms with Gasteiger partial charge in [0, 0.05) is 63.1 Å². The number of aromatic nitrogens is 2. The molecule has 7 N–H and O–H groups in total. The molecule has 2 heterocycles. The number of hydrogen-bond acceptors (Lipinski definition) is 10. The second kappa shape index (κ2) is 16.7. The minimum Gasteiger partial charge on any atom is -0.478 e. The van der Waals surface area contributed by atoms with Crippen LogP contribution in [0.5, 0.6) is 0 Å².